The quantitative estimate of drug-likeness (QED) is 0.803. The van der Waals surface area contributed by atoms with E-state index in [1.807, 2.05) is 29.8 Å². The maximum Gasteiger partial charge on any atom is 0.144 e. The van der Waals surface area contributed by atoms with Gasteiger partial charge in [0, 0.05) is 13.1 Å². The second kappa shape index (κ2) is 5.01. The Morgan fingerprint density at radius 3 is 2.38 bits per heavy atom. The minimum absolute atomic E-state index is 0.168. The highest BCUT2D eigenvalue weighted by molar-refractivity contribution is 5.83. The number of nitrogens with zero attached hydrogens (tertiary/aromatic N) is 2. The van der Waals surface area contributed by atoms with Crippen LogP contribution in [0.1, 0.15) is 0 Å². The van der Waals surface area contributed by atoms with E-state index in [0.717, 1.165) is 16.8 Å². The molecule has 0 radical (unpaired) electrons. The number of fused-ring (bicyclic) bond motifs is 1. The van der Waals surface area contributed by atoms with Gasteiger partial charge in [0.05, 0.1) is 30.8 Å². The smallest absolute Gasteiger partial charge is 0.144 e. The van der Waals surface area contributed by atoms with Gasteiger partial charge in [-0.3, -0.25) is 0 Å². The Bertz CT molecular complexity index is 809. The number of rotatable bonds is 3. The lowest BCUT2D eigenvalue weighted by atomic mass is 10.2. The number of methoxy groups -OCH3 is 2. The second-order valence-electron chi connectivity index (χ2n) is 4.73. The number of imidazole rings is 1. The molecule has 1 aromatic heterocycles. The van der Waals surface area contributed by atoms with Gasteiger partial charge < -0.3 is 19.1 Å². The molecule has 0 aliphatic heterocycles. The molecule has 0 atom stereocenters. The van der Waals surface area contributed by atoms with Gasteiger partial charge in [-0.1, -0.05) is 0 Å². The SMILES string of the molecule is COc1ccc(O)c(-c2nc3cc(OC)ccc3n2C)c1. The van der Waals surface area contributed by atoms with Crippen LogP contribution in [0.15, 0.2) is 36.4 Å². The van der Waals surface area contributed by atoms with Crippen molar-refractivity contribution in [1.29, 1.82) is 0 Å². The highest BCUT2D eigenvalue weighted by Gasteiger charge is 2.14. The zero-order chi connectivity index (χ0) is 15.0. The lowest BCUT2D eigenvalue weighted by Gasteiger charge is -2.07. The van der Waals surface area contributed by atoms with Crippen LogP contribution in [-0.4, -0.2) is 28.9 Å². The molecule has 3 rings (SSSR count). The van der Waals surface area contributed by atoms with Crippen molar-refractivity contribution in [3.05, 3.63) is 36.4 Å². The summed E-state index contributed by atoms with van der Waals surface area (Å²) in [6, 6.07) is 10.8. The molecule has 0 aliphatic rings. The molecule has 0 spiro atoms. The number of aromatic nitrogens is 2. The summed E-state index contributed by atoms with van der Waals surface area (Å²) in [6.07, 6.45) is 0. The van der Waals surface area contributed by atoms with Gasteiger partial charge in [0.25, 0.3) is 0 Å². The van der Waals surface area contributed by atoms with Crippen LogP contribution in [0.3, 0.4) is 0 Å². The number of phenols is 1. The Morgan fingerprint density at radius 2 is 1.67 bits per heavy atom. The Hall–Kier alpha value is -2.69. The summed E-state index contributed by atoms with van der Waals surface area (Å²) in [5.74, 6) is 2.27. The molecule has 0 saturated carbocycles. The third kappa shape index (κ3) is 2.16. The number of benzene rings is 2. The first-order valence-corrected chi connectivity index (χ1v) is 6.52. The van der Waals surface area contributed by atoms with Gasteiger partial charge in [0.1, 0.15) is 23.1 Å². The van der Waals surface area contributed by atoms with Crippen molar-refractivity contribution in [2.45, 2.75) is 0 Å². The van der Waals surface area contributed by atoms with Crippen molar-refractivity contribution in [3.8, 4) is 28.6 Å². The molecule has 21 heavy (non-hydrogen) atoms. The largest absolute Gasteiger partial charge is 0.507 e. The lowest BCUT2D eigenvalue weighted by molar-refractivity contribution is 0.412. The molecule has 0 aliphatic carbocycles. The van der Waals surface area contributed by atoms with Crippen LogP contribution in [0, 0.1) is 0 Å². The molecule has 0 bridgehead atoms. The molecule has 3 aromatic rings. The molecule has 5 nitrogen and oxygen atoms in total. The predicted molar refractivity (Wildman–Crippen MR) is 80.9 cm³/mol. The fourth-order valence-electron chi connectivity index (χ4n) is 2.37. The summed E-state index contributed by atoms with van der Waals surface area (Å²) < 4.78 is 12.4. The first kappa shape index (κ1) is 13.3. The molecule has 1 N–H and O–H groups in total. The Labute approximate surface area is 122 Å². The van der Waals surface area contributed by atoms with Gasteiger partial charge in [-0.05, 0) is 30.3 Å². The van der Waals surface area contributed by atoms with E-state index in [2.05, 4.69) is 4.98 Å². The average Bonchev–Trinajstić information content (AvgIpc) is 2.84. The molecule has 0 unspecified atom stereocenters. The van der Waals surface area contributed by atoms with Gasteiger partial charge in [0.2, 0.25) is 0 Å². The first-order chi connectivity index (χ1) is 10.1. The van der Waals surface area contributed by atoms with E-state index in [4.69, 9.17) is 9.47 Å². The Morgan fingerprint density at radius 1 is 1.00 bits per heavy atom. The van der Waals surface area contributed by atoms with Gasteiger partial charge in [-0.25, -0.2) is 4.98 Å². The lowest BCUT2D eigenvalue weighted by Crippen LogP contribution is -1.93. The van der Waals surface area contributed by atoms with Gasteiger partial charge >= 0.3 is 0 Å². The summed E-state index contributed by atoms with van der Waals surface area (Å²) >= 11 is 0. The van der Waals surface area contributed by atoms with Crippen molar-refractivity contribution in [1.82, 2.24) is 9.55 Å². The van der Waals surface area contributed by atoms with Crippen LogP contribution in [0.5, 0.6) is 17.2 Å². The second-order valence-corrected chi connectivity index (χ2v) is 4.73. The number of hydrogen-bond acceptors (Lipinski definition) is 4. The van der Waals surface area contributed by atoms with Crippen LogP contribution in [-0.2, 0) is 7.05 Å². The molecule has 1 heterocycles. The van der Waals surface area contributed by atoms with E-state index in [-0.39, 0.29) is 5.75 Å². The van der Waals surface area contributed by atoms with E-state index < -0.39 is 0 Å². The fraction of sp³-hybridized carbons (Fsp3) is 0.188. The summed E-state index contributed by atoms with van der Waals surface area (Å²) in [5, 5.41) is 10.1. The average molecular weight is 284 g/mol. The Balaban J connectivity index is 2.23. The van der Waals surface area contributed by atoms with Crippen molar-refractivity contribution in [2.75, 3.05) is 14.2 Å². The number of phenolic OH excluding ortho intramolecular Hbond substituents is 1. The zero-order valence-electron chi connectivity index (χ0n) is 12.1. The summed E-state index contributed by atoms with van der Waals surface area (Å²) in [4.78, 5) is 4.59. The fourth-order valence-corrected chi connectivity index (χ4v) is 2.37. The summed E-state index contributed by atoms with van der Waals surface area (Å²) in [5.41, 5.74) is 2.41. The maximum absolute atomic E-state index is 10.1. The summed E-state index contributed by atoms with van der Waals surface area (Å²) in [6.45, 7) is 0. The number of ether oxygens (including phenoxy) is 2. The van der Waals surface area contributed by atoms with Crippen LogP contribution < -0.4 is 9.47 Å². The molecule has 0 amide bonds. The molecule has 5 heteroatoms. The van der Waals surface area contributed by atoms with Gasteiger partial charge in [-0.2, -0.15) is 0 Å². The van der Waals surface area contributed by atoms with Gasteiger partial charge in [-0.15, -0.1) is 0 Å². The van der Waals surface area contributed by atoms with Crippen LogP contribution in [0.25, 0.3) is 22.4 Å². The standard InChI is InChI=1S/C16H16N2O3/c1-18-14-6-4-11(21-3)9-13(14)17-16(18)12-8-10(20-2)5-7-15(12)19/h4-9,19H,1-3H3. The van der Waals surface area contributed by atoms with Crippen LogP contribution in [0.4, 0.5) is 0 Å². The number of aromatic hydroxyl groups is 1. The molecule has 0 fully saturated rings. The van der Waals surface area contributed by atoms with Crippen molar-refractivity contribution >= 4 is 11.0 Å². The first-order valence-electron chi connectivity index (χ1n) is 6.52. The third-order valence-electron chi connectivity index (χ3n) is 3.53. The van der Waals surface area contributed by atoms with E-state index in [0.29, 0.717) is 17.1 Å². The van der Waals surface area contributed by atoms with Gasteiger partial charge in [0.15, 0.2) is 0 Å². The van der Waals surface area contributed by atoms with E-state index >= 15 is 0 Å². The minimum atomic E-state index is 0.168. The van der Waals surface area contributed by atoms with E-state index in [1.54, 1.807) is 32.4 Å². The highest BCUT2D eigenvalue weighted by atomic mass is 16.5. The Kier molecular flexibility index (Phi) is 3.17. The monoisotopic (exact) mass is 284 g/mol. The van der Waals surface area contributed by atoms with Crippen molar-refractivity contribution in [3.63, 3.8) is 0 Å². The van der Waals surface area contributed by atoms with Crippen molar-refractivity contribution in [2.24, 2.45) is 7.05 Å². The van der Waals surface area contributed by atoms with Crippen molar-refractivity contribution < 1.29 is 14.6 Å². The number of aryl methyl sites for hydroxylation is 1. The topological polar surface area (TPSA) is 56.5 Å². The molecule has 108 valence electrons. The third-order valence-corrected chi connectivity index (χ3v) is 3.53. The van der Waals surface area contributed by atoms with E-state index in [1.165, 1.54) is 0 Å². The molecular weight excluding hydrogens is 268 g/mol. The predicted octanol–water partition coefficient (Wildman–Crippen LogP) is 2.96. The highest BCUT2D eigenvalue weighted by Crippen LogP contribution is 2.34. The van der Waals surface area contributed by atoms with Crippen LogP contribution >= 0.6 is 0 Å². The normalized spacial score (nSPS) is 10.8. The molecule has 2 aromatic carbocycles. The maximum atomic E-state index is 10.1. The number of hydrogen-bond donors (Lipinski definition) is 1. The molecular formula is C16H16N2O3. The molecule has 0 saturated heterocycles. The summed E-state index contributed by atoms with van der Waals surface area (Å²) in [7, 11) is 5.13. The van der Waals surface area contributed by atoms with E-state index in [9.17, 15) is 5.11 Å². The minimum Gasteiger partial charge on any atom is -0.507 e. The zero-order valence-corrected chi connectivity index (χ0v) is 12.1. The van der Waals surface area contributed by atoms with Crippen LogP contribution in [0.2, 0.25) is 0 Å².